The number of benzene rings is 1. The van der Waals surface area contributed by atoms with Crippen LogP contribution in [0.25, 0.3) is 0 Å². The normalized spacial score (nSPS) is 23.1. The first-order valence-electron chi connectivity index (χ1n) is 9.54. The van der Waals surface area contributed by atoms with Crippen molar-refractivity contribution in [3.05, 3.63) is 29.3 Å². The van der Waals surface area contributed by atoms with Crippen molar-refractivity contribution in [2.75, 3.05) is 52.4 Å². The molecule has 4 heteroatoms. The van der Waals surface area contributed by atoms with Gasteiger partial charge in [-0.3, -0.25) is 9.80 Å². The lowest BCUT2D eigenvalue weighted by Gasteiger charge is -2.32. The van der Waals surface area contributed by atoms with E-state index in [0.717, 1.165) is 38.0 Å². The molecule has 3 rings (SSSR count). The van der Waals surface area contributed by atoms with Crippen molar-refractivity contribution >= 4 is 0 Å². The van der Waals surface area contributed by atoms with Crippen molar-refractivity contribution in [1.29, 1.82) is 0 Å². The highest BCUT2D eigenvalue weighted by Crippen LogP contribution is 2.23. The SMILES string of the molecule is Cc1cc(OCCN2CCC(N3CCNCC3)C2)ccc1C(C)C. The lowest BCUT2D eigenvalue weighted by atomic mass is 9.98. The zero-order valence-electron chi connectivity index (χ0n) is 15.6. The number of rotatable bonds is 6. The maximum absolute atomic E-state index is 6.00. The molecule has 0 saturated carbocycles. The first-order valence-corrected chi connectivity index (χ1v) is 9.54. The first-order chi connectivity index (χ1) is 11.6. The van der Waals surface area contributed by atoms with E-state index in [1.807, 2.05) is 0 Å². The maximum Gasteiger partial charge on any atom is 0.119 e. The number of likely N-dealkylation sites (tertiary alicyclic amines) is 1. The van der Waals surface area contributed by atoms with Crippen LogP contribution in [0.5, 0.6) is 5.75 Å². The van der Waals surface area contributed by atoms with E-state index in [1.165, 1.54) is 43.7 Å². The van der Waals surface area contributed by atoms with Gasteiger partial charge in [0, 0.05) is 45.3 Å². The van der Waals surface area contributed by atoms with Gasteiger partial charge in [-0.15, -0.1) is 0 Å². The van der Waals surface area contributed by atoms with Crippen LogP contribution in [0.15, 0.2) is 18.2 Å². The number of hydrogen-bond donors (Lipinski definition) is 1. The standard InChI is InChI=1S/C20H33N3O/c1-16(2)20-5-4-19(14-17(20)3)24-13-12-22-9-6-18(15-22)23-10-7-21-8-11-23/h4-5,14,16,18,21H,6-13,15H2,1-3H3. The smallest absolute Gasteiger partial charge is 0.119 e. The Morgan fingerprint density at radius 1 is 1.21 bits per heavy atom. The summed E-state index contributed by atoms with van der Waals surface area (Å²) in [6.07, 6.45) is 1.31. The highest BCUT2D eigenvalue weighted by Gasteiger charge is 2.28. The molecule has 4 nitrogen and oxygen atoms in total. The molecule has 0 bridgehead atoms. The Labute approximate surface area is 147 Å². The van der Waals surface area contributed by atoms with E-state index in [4.69, 9.17) is 4.74 Å². The van der Waals surface area contributed by atoms with Crippen molar-refractivity contribution in [2.45, 2.75) is 39.2 Å². The Balaban J connectivity index is 1.41. The molecule has 1 unspecified atom stereocenters. The topological polar surface area (TPSA) is 27.7 Å². The zero-order valence-corrected chi connectivity index (χ0v) is 15.6. The minimum atomic E-state index is 0.575. The van der Waals surface area contributed by atoms with Gasteiger partial charge in [0.2, 0.25) is 0 Å². The van der Waals surface area contributed by atoms with Crippen molar-refractivity contribution in [3.8, 4) is 5.75 Å². The highest BCUT2D eigenvalue weighted by molar-refractivity contribution is 5.36. The van der Waals surface area contributed by atoms with Crippen molar-refractivity contribution in [3.63, 3.8) is 0 Å². The number of ether oxygens (including phenoxy) is 1. The molecule has 0 aromatic heterocycles. The predicted molar refractivity (Wildman–Crippen MR) is 100 cm³/mol. The molecule has 2 fully saturated rings. The summed E-state index contributed by atoms with van der Waals surface area (Å²) in [6, 6.07) is 7.27. The molecule has 0 amide bonds. The Bertz CT molecular complexity index is 526. The molecule has 2 heterocycles. The summed E-state index contributed by atoms with van der Waals surface area (Å²) in [4.78, 5) is 5.22. The van der Waals surface area contributed by atoms with Crippen LogP contribution in [-0.4, -0.2) is 68.3 Å². The molecule has 1 aromatic carbocycles. The fourth-order valence-corrected chi connectivity index (χ4v) is 4.04. The molecule has 1 aromatic rings. The van der Waals surface area contributed by atoms with Crippen LogP contribution < -0.4 is 10.1 Å². The Kier molecular flexibility index (Phi) is 6.14. The summed E-state index contributed by atoms with van der Waals surface area (Å²) in [5, 5.41) is 3.44. The molecule has 0 aliphatic carbocycles. The quantitative estimate of drug-likeness (QED) is 0.867. The molecular formula is C20H33N3O. The molecule has 2 aliphatic rings. The van der Waals surface area contributed by atoms with E-state index in [9.17, 15) is 0 Å². The lowest BCUT2D eigenvalue weighted by molar-refractivity contribution is 0.165. The van der Waals surface area contributed by atoms with E-state index in [0.29, 0.717) is 5.92 Å². The zero-order chi connectivity index (χ0) is 16.9. The summed E-state index contributed by atoms with van der Waals surface area (Å²) in [7, 11) is 0. The van der Waals surface area contributed by atoms with Gasteiger partial charge in [-0.05, 0) is 49.1 Å². The molecule has 0 spiro atoms. The molecule has 1 atom stereocenters. The summed E-state index contributed by atoms with van der Waals surface area (Å²) >= 11 is 0. The van der Waals surface area contributed by atoms with Crippen LogP contribution in [0.2, 0.25) is 0 Å². The van der Waals surface area contributed by atoms with Gasteiger partial charge in [-0.2, -0.15) is 0 Å². The molecule has 24 heavy (non-hydrogen) atoms. The van der Waals surface area contributed by atoms with Crippen molar-refractivity contribution in [1.82, 2.24) is 15.1 Å². The number of hydrogen-bond acceptors (Lipinski definition) is 4. The van der Waals surface area contributed by atoms with Gasteiger partial charge in [0.05, 0.1) is 0 Å². The van der Waals surface area contributed by atoms with E-state index in [1.54, 1.807) is 0 Å². The Hall–Kier alpha value is -1.10. The Morgan fingerprint density at radius 2 is 2.00 bits per heavy atom. The largest absolute Gasteiger partial charge is 0.492 e. The van der Waals surface area contributed by atoms with Crippen molar-refractivity contribution < 1.29 is 4.74 Å². The summed E-state index contributed by atoms with van der Waals surface area (Å²) in [5.41, 5.74) is 2.75. The molecule has 1 N–H and O–H groups in total. The number of piperazine rings is 1. The van der Waals surface area contributed by atoms with E-state index < -0.39 is 0 Å². The second kappa shape index (κ2) is 8.32. The number of nitrogens with one attached hydrogen (secondary N) is 1. The molecule has 134 valence electrons. The number of nitrogens with zero attached hydrogens (tertiary/aromatic N) is 2. The van der Waals surface area contributed by atoms with Crippen LogP contribution in [0.1, 0.15) is 37.3 Å². The minimum Gasteiger partial charge on any atom is -0.492 e. The third-order valence-electron chi connectivity index (χ3n) is 5.46. The van der Waals surface area contributed by atoms with E-state index >= 15 is 0 Å². The van der Waals surface area contributed by atoms with E-state index in [2.05, 4.69) is 54.1 Å². The first kappa shape index (κ1) is 17.7. The second-order valence-corrected chi connectivity index (χ2v) is 7.55. The third-order valence-corrected chi connectivity index (χ3v) is 5.46. The predicted octanol–water partition coefficient (Wildman–Crippen LogP) is 2.48. The van der Waals surface area contributed by atoms with Gasteiger partial charge >= 0.3 is 0 Å². The van der Waals surface area contributed by atoms with Crippen molar-refractivity contribution in [2.24, 2.45) is 0 Å². The molecular weight excluding hydrogens is 298 g/mol. The Morgan fingerprint density at radius 3 is 2.71 bits per heavy atom. The average Bonchev–Trinajstić information content (AvgIpc) is 3.04. The fraction of sp³-hybridized carbons (Fsp3) is 0.700. The third kappa shape index (κ3) is 4.50. The maximum atomic E-state index is 6.00. The summed E-state index contributed by atoms with van der Waals surface area (Å²) in [6.45, 7) is 15.6. The van der Waals surface area contributed by atoms with Gasteiger partial charge in [0.15, 0.2) is 0 Å². The minimum absolute atomic E-state index is 0.575. The molecule has 2 saturated heterocycles. The average molecular weight is 332 g/mol. The summed E-state index contributed by atoms with van der Waals surface area (Å²) < 4.78 is 6.00. The van der Waals surface area contributed by atoms with Gasteiger partial charge in [-0.1, -0.05) is 19.9 Å². The van der Waals surface area contributed by atoms with Crippen LogP contribution in [0, 0.1) is 6.92 Å². The van der Waals surface area contributed by atoms with Gasteiger partial charge in [0.25, 0.3) is 0 Å². The van der Waals surface area contributed by atoms with Gasteiger partial charge in [0.1, 0.15) is 12.4 Å². The second-order valence-electron chi connectivity index (χ2n) is 7.55. The van der Waals surface area contributed by atoms with Crippen LogP contribution in [0.4, 0.5) is 0 Å². The van der Waals surface area contributed by atoms with Crippen LogP contribution >= 0.6 is 0 Å². The molecule has 0 radical (unpaired) electrons. The monoisotopic (exact) mass is 331 g/mol. The molecule has 2 aliphatic heterocycles. The van der Waals surface area contributed by atoms with Gasteiger partial charge < -0.3 is 10.1 Å². The summed E-state index contributed by atoms with van der Waals surface area (Å²) in [5.74, 6) is 1.58. The number of aryl methyl sites for hydroxylation is 1. The fourth-order valence-electron chi connectivity index (χ4n) is 4.04. The van der Waals surface area contributed by atoms with Crippen LogP contribution in [0.3, 0.4) is 0 Å². The highest BCUT2D eigenvalue weighted by atomic mass is 16.5. The lowest BCUT2D eigenvalue weighted by Crippen LogP contribution is -2.49. The van der Waals surface area contributed by atoms with E-state index in [-0.39, 0.29) is 0 Å². The van der Waals surface area contributed by atoms with Crippen LogP contribution in [-0.2, 0) is 0 Å². The van der Waals surface area contributed by atoms with Gasteiger partial charge in [-0.25, -0.2) is 0 Å².